The molecule has 2 N–H and O–H groups in total. The van der Waals surface area contributed by atoms with Gasteiger partial charge in [-0.15, -0.1) is 0 Å². The van der Waals surface area contributed by atoms with E-state index in [9.17, 15) is 27.9 Å². The molecule has 0 radical (unpaired) electrons. The van der Waals surface area contributed by atoms with Crippen molar-refractivity contribution in [2.75, 3.05) is 0 Å². The van der Waals surface area contributed by atoms with E-state index in [0.717, 1.165) is 18.2 Å². The number of carboxylic acid groups (broad SMARTS) is 1. The summed E-state index contributed by atoms with van der Waals surface area (Å²) in [4.78, 5) is 23.4. The summed E-state index contributed by atoms with van der Waals surface area (Å²) in [6.07, 6.45) is -2.65. The molecule has 0 spiro atoms. The third-order valence-corrected chi connectivity index (χ3v) is 3.67. The minimum atomic E-state index is -4.55. The first-order valence-electron chi connectivity index (χ1n) is 6.48. The van der Waals surface area contributed by atoms with Crippen LogP contribution in [0.25, 0.3) is 0 Å². The van der Waals surface area contributed by atoms with Crippen LogP contribution in [0.2, 0.25) is 0 Å². The van der Waals surface area contributed by atoms with Crippen molar-refractivity contribution >= 4 is 11.9 Å². The predicted octanol–water partition coefficient (Wildman–Crippen LogP) is 2.83. The van der Waals surface area contributed by atoms with Crippen LogP contribution in [0.1, 0.15) is 41.6 Å². The molecule has 1 saturated carbocycles. The lowest BCUT2D eigenvalue weighted by Crippen LogP contribution is -2.52. The second-order valence-corrected chi connectivity index (χ2v) is 5.13. The molecule has 0 unspecified atom stereocenters. The van der Waals surface area contributed by atoms with E-state index in [-0.39, 0.29) is 18.4 Å². The van der Waals surface area contributed by atoms with Crippen LogP contribution in [0, 0.1) is 0 Å². The molecule has 0 heterocycles. The lowest BCUT2D eigenvalue weighted by molar-refractivity contribution is -0.144. The van der Waals surface area contributed by atoms with Gasteiger partial charge < -0.3 is 10.4 Å². The molecular weight excluding hydrogens is 287 g/mol. The van der Waals surface area contributed by atoms with Crippen molar-refractivity contribution in [1.82, 2.24) is 5.32 Å². The third-order valence-electron chi connectivity index (χ3n) is 3.67. The van der Waals surface area contributed by atoms with Gasteiger partial charge in [-0.2, -0.15) is 13.2 Å². The number of nitrogens with one attached hydrogen (secondary N) is 1. The highest BCUT2D eigenvalue weighted by atomic mass is 19.4. The molecule has 0 aromatic heterocycles. The van der Waals surface area contributed by atoms with Gasteiger partial charge >= 0.3 is 12.1 Å². The number of carboxylic acids is 1. The van der Waals surface area contributed by atoms with Gasteiger partial charge in [-0.25, -0.2) is 4.79 Å². The summed E-state index contributed by atoms with van der Waals surface area (Å²) in [5, 5.41) is 11.6. The van der Waals surface area contributed by atoms with Gasteiger partial charge in [0.2, 0.25) is 0 Å². The zero-order valence-corrected chi connectivity index (χ0v) is 11.0. The summed E-state index contributed by atoms with van der Waals surface area (Å²) >= 11 is 0. The number of halogens is 3. The van der Waals surface area contributed by atoms with Crippen molar-refractivity contribution in [3.63, 3.8) is 0 Å². The van der Waals surface area contributed by atoms with Crippen LogP contribution in [-0.4, -0.2) is 22.5 Å². The van der Waals surface area contributed by atoms with Crippen LogP contribution < -0.4 is 5.32 Å². The van der Waals surface area contributed by atoms with Crippen LogP contribution >= 0.6 is 0 Å². The molecule has 1 aromatic carbocycles. The third kappa shape index (κ3) is 3.17. The number of hydrogen-bond acceptors (Lipinski definition) is 2. The molecular formula is C14H14F3NO3. The maximum Gasteiger partial charge on any atom is 0.416 e. The average molecular weight is 301 g/mol. The lowest BCUT2D eigenvalue weighted by Gasteiger charge is -2.25. The lowest BCUT2D eigenvalue weighted by atomic mass is 9.97. The van der Waals surface area contributed by atoms with Crippen molar-refractivity contribution in [1.29, 1.82) is 0 Å². The van der Waals surface area contributed by atoms with E-state index < -0.39 is 29.2 Å². The van der Waals surface area contributed by atoms with Gasteiger partial charge in [0.05, 0.1) is 5.56 Å². The second-order valence-electron chi connectivity index (χ2n) is 5.13. The Morgan fingerprint density at radius 2 is 1.81 bits per heavy atom. The minimum absolute atomic E-state index is 0.197. The van der Waals surface area contributed by atoms with E-state index in [1.54, 1.807) is 0 Å². The molecule has 0 bridgehead atoms. The molecule has 21 heavy (non-hydrogen) atoms. The number of carbonyl (C=O) groups is 2. The highest BCUT2D eigenvalue weighted by molar-refractivity contribution is 5.98. The van der Waals surface area contributed by atoms with Crippen LogP contribution in [-0.2, 0) is 11.0 Å². The van der Waals surface area contributed by atoms with Crippen molar-refractivity contribution in [3.05, 3.63) is 35.4 Å². The molecule has 0 saturated heterocycles. The summed E-state index contributed by atoms with van der Waals surface area (Å²) in [5.41, 5.74) is -2.51. The highest BCUT2D eigenvalue weighted by Crippen LogP contribution is 2.32. The van der Waals surface area contributed by atoms with E-state index in [0.29, 0.717) is 12.8 Å². The molecule has 1 amide bonds. The van der Waals surface area contributed by atoms with Crippen molar-refractivity contribution < 1.29 is 27.9 Å². The average Bonchev–Trinajstić information content (AvgIpc) is 2.88. The minimum Gasteiger partial charge on any atom is -0.480 e. The summed E-state index contributed by atoms with van der Waals surface area (Å²) in [5.74, 6) is -1.95. The first kappa shape index (κ1) is 15.3. The fourth-order valence-electron chi connectivity index (χ4n) is 2.50. The number of alkyl halides is 3. The first-order valence-corrected chi connectivity index (χ1v) is 6.48. The van der Waals surface area contributed by atoms with E-state index in [1.165, 1.54) is 6.07 Å². The first-order chi connectivity index (χ1) is 9.74. The maximum atomic E-state index is 12.6. The number of rotatable bonds is 3. The Labute approximate surface area is 119 Å². The van der Waals surface area contributed by atoms with Gasteiger partial charge in [0.15, 0.2) is 0 Å². The number of aliphatic carboxylic acids is 1. The SMILES string of the molecule is O=C(NC1(C(=O)O)CCCC1)c1cccc(C(F)(F)F)c1. The number of benzene rings is 1. The molecule has 7 heteroatoms. The summed E-state index contributed by atoms with van der Waals surface area (Å²) in [6.45, 7) is 0. The standard InChI is InChI=1S/C14H14F3NO3/c15-14(16,17)10-5-3-4-9(8-10)11(19)18-13(12(20)21)6-1-2-7-13/h3-5,8H,1-2,6-7H2,(H,18,19)(H,20,21). The van der Waals surface area contributed by atoms with Gasteiger partial charge in [-0.3, -0.25) is 4.79 Å². The Bertz CT molecular complexity index is 563. The quantitative estimate of drug-likeness (QED) is 0.902. The summed E-state index contributed by atoms with van der Waals surface area (Å²) in [7, 11) is 0. The molecule has 1 aliphatic rings. The van der Waals surface area contributed by atoms with E-state index in [1.807, 2.05) is 0 Å². The normalized spacial score (nSPS) is 17.5. The zero-order chi connectivity index (χ0) is 15.7. The predicted molar refractivity (Wildman–Crippen MR) is 67.7 cm³/mol. The van der Waals surface area contributed by atoms with Gasteiger partial charge in [0, 0.05) is 5.56 Å². The van der Waals surface area contributed by atoms with Crippen molar-refractivity contribution in [2.24, 2.45) is 0 Å². The molecule has 1 aliphatic carbocycles. The zero-order valence-electron chi connectivity index (χ0n) is 11.0. The van der Waals surface area contributed by atoms with Crippen LogP contribution in [0.3, 0.4) is 0 Å². The van der Waals surface area contributed by atoms with Crippen LogP contribution in [0.4, 0.5) is 13.2 Å². The number of amides is 1. The Morgan fingerprint density at radius 3 is 2.33 bits per heavy atom. The molecule has 2 rings (SSSR count). The van der Waals surface area contributed by atoms with Gasteiger partial charge in [-0.1, -0.05) is 18.9 Å². The molecule has 114 valence electrons. The fraction of sp³-hybridized carbons (Fsp3) is 0.429. The Kier molecular flexibility index (Phi) is 3.93. The van der Waals surface area contributed by atoms with Crippen molar-refractivity contribution in [3.8, 4) is 0 Å². The Hall–Kier alpha value is -2.05. The van der Waals surface area contributed by atoms with E-state index in [4.69, 9.17) is 0 Å². The summed E-state index contributed by atoms with van der Waals surface area (Å²) < 4.78 is 37.8. The monoisotopic (exact) mass is 301 g/mol. The topological polar surface area (TPSA) is 66.4 Å². The largest absolute Gasteiger partial charge is 0.480 e. The Balaban J connectivity index is 2.23. The fourth-order valence-corrected chi connectivity index (χ4v) is 2.50. The molecule has 1 fully saturated rings. The molecule has 1 aromatic rings. The molecule has 0 aliphatic heterocycles. The maximum absolute atomic E-state index is 12.6. The van der Waals surface area contributed by atoms with E-state index in [2.05, 4.69) is 5.32 Å². The Morgan fingerprint density at radius 1 is 1.19 bits per heavy atom. The highest BCUT2D eigenvalue weighted by Gasteiger charge is 2.43. The second kappa shape index (κ2) is 5.38. The van der Waals surface area contributed by atoms with Gasteiger partial charge in [-0.05, 0) is 31.0 Å². The van der Waals surface area contributed by atoms with E-state index >= 15 is 0 Å². The van der Waals surface area contributed by atoms with Crippen molar-refractivity contribution in [2.45, 2.75) is 37.4 Å². The molecule has 4 nitrogen and oxygen atoms in total. The van der Waals surface area contributed by atoms with Crippen LogP contribution in [0.15, 0.2) is 24.3 Å². The van der Waals surface area contributed by atoms with Gasteiger partial charge in [0.1, 0.15) is 5.54 Å². The summed E-state index contributed by atoms with van der Waals surface area (Å²) in [6, 6.07) is 3.94. The smallest absolute Gasteiger partial charge is 0.416 e. The van der Waals surface area contributed by atoms with Gasteiger partial charge in [0.25, 0.3) is 5.91 Å². The van der Waals surface area contributed by atoms with Crippen LogP contribution in [0.5, 0.6) is 0 Å². The molecule has 0 atom stereocenters. The number of carbonyl (C=O) groups excluding carboxylic acids is 1. The number of hydrogen-bond donors (Lipinski definition) is 2.